The SMILES string of the molecule is CCOC(=O)c1ccc(NC(=O)[C@H](CC(C)C)NC(=O)C(CC(=O)OCc2ccccc2)NC(=O)OC(C)(C)C)cc1. The molecule has 0 saturated heterocycles. The van der Waals surface area contributed by atoms with Gasteiger partial charge in [-0.3, -0.25) is 14.4 Å². The first kappa shape index (κ1) is 33.8. The van der Waals surface area contributed by atoms with Gasteiger partial charge < -0.3 is 30.2 Å². The van der Waals surface area contributed by atoms with E-state index in [-0.39, 0.29) is 25.6 Å². The van der Waals surface area contributed by atoms with E-state index in [4.69, 9.17) is 14.2 Å². The lowest BCUT2D eigenvalue weighted by Gasteiger charge is -2.25. The number of anilines is 1. The smallest absolute Gasteiger partial charge is 0.408 e. The van der Waals surface area contributed by atoms with Crippen LogP contribution in [0.5, 0.6) is 0 Å². The van der Waals surface area contributed by atoms with Gasteiger partial charge in [0.05, 0.1) is 18.6 Å². The van der Waals surface area contributed by atoms with E-state index in [1.165, 1.54) is 12.1 Å². The molecular formula is C31H41N3O8. The van der Waals surface area contributed by atoms with Crippen LogP contribution in [0.1, 0.15) is 70.3 Å². The van der Waals surface area contributed by atoms with Gasteiger partial charge in [-0.2, -0.15) is 0 Å². The van der Waals surface area contributed by atoms with Crippen LogP contribution in [-0.4, -0.2) is 54.1 Å². The number of hydrogen-bond acceptors (Lipinski definition) is 8. The topological polar surface area (TPSA) is 149 Å². The van der Waals surface area contributed by atoms with Crippen molar-refractivity contribution in [3.8, 4) is 0 Å². The number of ether oxygens (including phenoxy) is 3. The van der Waals surface area contributed by atoms with Gasteiger partial charge in [0.25, 0.3) is 0 Å². The van der Waals surface area contributed by atoms with Crippen LogP contribution in [0.15, 0.2) is 54.6 Å². The molecule has 0 aromatic heterocycles. The van der Waals surface area contributed by atoms with Gasteiger partial charge in [0.15, 0.2) is 0 Å². The Balaban J connectivity index is 2.15. The number of benzene rings is 2. The quantitative estimate of drug-likeness (QED) is 0.233. The zero-order chi connectivity index (χ0) is 31.3. The van der Waals surface area contributed by atoms with Gasteiger partial charge in [-0.1, -0.05) is 44.2 Å². The van der Waals surface area contributed by atoms with E-state index in [1.54, 1.807) is 64.1 Å². The highest BCUT2D eigenvalue weighted by Crippen LogP contribution is 2.14. The number of hydrogen-bond donors (Lipinski definition) is 3. The molecule has 228 valence electrons. The van der Waals surface area contributed by atoms with Gasteiger partial charge in [-0.25, -0.2) is 9.59 Å². The summed E-state index contributed by atoms with van der Waals surface area (Å²) in [7, 11) is 0. The summed E-state index contributed by atoms with van der Waals surface area (Å²) in [4.78, 5) is 63.6. The van der Waals surface area contributed by atoms with E-state index in [1.807, 2.05) is 19.9 Å². The van der Waals surface area contributed by atoms with Gasteiger partial charge in [0, 0.05) is 5.69 Å². The van der Waals surface area contributed by atoms with E-state index in [0.717, 1.165) is 5.56 Å². The minimum atomic E-state index is -1.37. The number of rotatable bonds is 13. The predicted octanol–water partition coefficient (Wildman–Crippen LogP) is 4.36. The highest BCUT2D eigenvalue weighted by Gasteiger charge is 2.31. The molecule has 0 radical (unpaired) electrons. The normalized spacial score (nSPS) is 12.5. The minimum Gasteiger partial charge on any atom is -0.462 e. The summed E-state index contributed by atoms with van der Waals surface area (Å²) < 4.78 is 15.5. The molecule has 0 saturated carbocycles. The Kier molecular flexibility index (Phi) is 13.0. The fraction of sp³-hybridized carbons (Fsp3) is 0.452. The van der Waals surface area contributed by atoms with Crippen LogP contribution in [0.4, 0.5) is 10.5 Å². The van der Waals surface area contributed by atoms with Crippen LogP contribution in [-0.2, 0) is 35.2 Å². The van der Waals surface area contributed by atoms with Crippen molar-refractivity contribution in [3.05, 3.63) is 65.7 Å². The molecule has 2 aromatic rings. The Labute approximate surface area is 246 Å². The Morgan fingerprint density at radius 1 is 0.810 bits per heavy atom. The fourth-order valence-corrected chi connectivity index (χ4v) is 3.73. The summed E-state index contributed by atoms with van der Waals surface area (Å²) in [5.74, 6) is -2.45. The third-order valence-corrected chi connectivity index (χ3v) is 5.62. The van der Waals surface area contributed by atoms with Crippen molar-refractivity contribution in [2.75, 3.05) is 11.9 Å². The molecule has 0 fully saturated rings. The van der Waals surface area contributed by atoms with Crippen molar-refractivity contribution in [2.24, 2.45) is 5.92 Å². The van der Waals surface area contributed by atoms with Crippen LogP contribution in [0.3, 0.4) is 0 Å². The molecular weight excluding hydrogens is 542 g/mol. The molecule has 0 aliphatic heterocycles. The number of carbonyl (C=O) groups excluding carboxylic acids is 5. The first-order valence-corrected chi connectivity index (χ1v) is 13.8. The van der Waals surface area contributed by atoms with Crippen LogP contribution >= 0.6 is 0 Å². The lowest BCUT2D eigenvalue weighted by molar-refractivity contribution is -0.147. The van der Waals surface area contributed by atoms with Crippen LogP contribution < -0.4 is 16.0 Å². The largest absolute Gasteiger partial charge is 0.462 e. The van der Waals surface area contributed by atoms with Crippen molar-refractivity contribution in [1.29, 1.82) is 0 Å². The lowest BCUT2D eigenvalue weighted by Crippen LogP contribution is -2.54. The lowest BCUT2D eigenvalue weighted by atomic mass is 10.0. The van der Waals surface area contributed by atoms with Crippen LogP contribution in [0.2, 0.25) is 0 Å². The number of nitrogens with one attached hydrogen (secondary N) is 3. The fourth-order valence-electron chi connectivity index (χ4n) is 3.73. The predicted molar refractivity (Wildman–Crippen MR) is 156 cm³/mol. The Bertz CT molecular complexity index is 1210. The van der Waals surface area contributed by atoms with E-state index in [9.17, 15) is 24.0 Å². The molecule has 1 unspecified atom stereocenters. The van der Waals surface area contributed by atoms with Gasteiger partial charge in [0.2, 0.25) is 11.8 Å². The summed E-state index contributed by atoms with van der Waals surface area (Å²) in [6.07, 6.45) is -1.11. The first-order chi connectivity index (χ1) is 19.8. The van der Waals surface area contributed by atoms with Crippen molar-refractivity contribution < 1.29 is 38.2 Å². The molecule has 0 aliphatic carbocycles. The second-order valence-corrected chi connectivity index (χ2v) is 11.0. The second kappa shape index (κ2) is 16.1. The summed E-state index contributed by atoms with van der Waals surface area (Å²) in [6, 6.07) is 12.8. The number of esters is 2. The Morgan fingerprint density at radius 3 is 2.02 bits per heavy atom. The average Bonchev–Trinajstić information content (AvgIpc) is 2.91. The standard InChI is InChI=1S/C31H41N3O8/c1-7-40-29(38)22-13-15-23(16-14-22)32-27(36)24(17-20(2)3)33-28(37)25(34-30(39)42-31(4,5)6)18-26(35)41-19-21-11-9-8-10-12-21/h8-16,20,24-25H,7,17-19H2,1-6H3,(H,32,36)(H,33,37)(H,34,39)/t24-,25?/m0/s1. The zero-order valence-corrected chi connectivity index (χ0v) is 25.0. The molecule has 2 atom stereocenters. The minimum absolute atomic E-state index is 0.00616. The van der Waals surface area contributed by atoms with Crippen molar-refractivity contribution in [2.45, 2.75) is 78.7 Å². The third kappa shape index (κ3) is 12.4. The second-order valence-electron chi connectivity index (χ2n) is 11.0. The molecule has 2 rings (SSSR count). The molecule has 42 heavy (non-hydrogen) atoms. The molecule has 11 nitrogen and oxygen atoms in total. The van der Waals surface area contributed by atoms with Gasteiger partial charge in [-0.05, 0) is 69.9 Å². The molecule has 11 heteroatoms. The molecule has 0 aliphatic rings. The highest BCUT2D eigenvalue weighted by molar-refractivity contribution is 5.99. The van der Waals surface area contributed by atoms with Gasteiger partial charge >= 0.3 is 18.0 Å². The van der Waals surface area contributed by atoms with E-state index < -0.39 is 54.0 Å². The number of amides is 3. The number of carbonyl (C=O) groups is 5. The van der Waals surface area contributed by atoms with Crippen LogP contribution in [0, 0.1) is 5.92 Å². The maximum atomic E-state index is 13.4. The maximum Gasteiger partial charge on any atom is 0.408 e. The van der Waals surface area contributed by atoms with Gasteiger partial charge in [-0.15, -0.1) is 0 Å². The van der Waals surface area contributed by atoms with Crippen molar-refractivity contribution in [3.63, 3.8) is 0 Å². The molecule has 0 bridgehead atoms. The van der Waals surface area contributed by atoms with Gasteiger partial charge in [0.1, 0.15) is 24.3 Å². The Hall–Kier alpha value is -4.41. The molecule has 2 aromatic carbocycles. The third-order valence-electron chi connectivity index (χ3n) is 5.62. The summed E-state index contributed by atoms with van der Waals surface area (Å²) in [5.41, 5.74) is 0.652. The van der Waals surface area contributed by atoms with E-state index in [2.05, 4.69) is 16.0 Å². The summed E-state index contributed by atoms with van der Waals surface area (Å²) in [6.45, 7) is 10.7. The van der Waals surface area contributed by atoms with Crippen molar-refractivity contribution >= 4 is 35.5 Å². The number of alkyl carbamates (subject to hydrolysis) is 1. The maximum absolute atomic E-state index is 13.4. The Morgan fingerprint density at radius 2 is 1.45 bits per heavy atom. The zero-order valence-electron chi connectivity index (χ0n) is 25.0. The van der Waals surface area contributed by atoms with Crippen molar-refractivity contribution in [1.82, 2.24) is 10.6 Å². The molecule has 0 spiro atoms. The molecule has 3 amide bonds. The van der Waals surface area contributed by atoms with E-state index in [0.29, 0.717) is 11.3 Å². The summed E-state index contributed by atoms with van der Waals surface area (Å²) in [5, 5.41) is 7.82. The van der Waals surface area contributed by atoms with Crippen LogP contribution in [0.25, 0.3) is 0 Å². The first-order valence-electron chi connectivity index (χ1n) is 13.8. The molecule has 0 heterocycles. The monoisotopic (exact) mass is 583 g/mol. The van der Waals surface area contributed by atoms with E-state index >= 15 is 0 Å². The summed E-state index contributed by atoms with van der Waals surface area (Å²) >= 11 is 0. The molecule has 3 N–H and O–H groups in total. The average molecular weight is 584 g/mol. The highest BCUT2D eigenvalue weighted by atomic mass is 16.6.